The van der Waals surface area contributed by atoms with Gasteiger partial charge < -0.3 is 25.9 Å². The minimum absolute atomic E-state index is 0. The standard InChI is InChI=1S/C9H14N4O5.ClH/c10-7-8(17)12(1-2-13(7)11)9-6(16)5(15)4(3-14)18-9;/h1-2,4-6,9-10,14-16H,3,11H2;1H/t4-,5-,6-,9-;/m1./s1. The molecule has 10 heteroatoms. The number of nitrogen functional groups attached to an aromatic ring is 1. The maximum atomic E-state index is 11.8. The summed E-state index contributed by atoms with van der Waals surface area (Å²) in [7, 11) is 0. The Balaban J connectivity index is 0.00000180. The highest BCUT2D eigenvalue weighted by atomic mass is 35.5. The van der Waals surface area contributed by atoms with Crippen molar-refractivity contribution in [2.24, 2.45) is 0 Å². The normalized spacial score (nSPS) is 30.1. The van der Waals surface area contributed by atoms with Crippen LogP contribution in [0.4, 0.5) is 0 Å². The molecule has 1 aliphatic rings. The maximum Gasteiger partial charge on any atom is 0.297 e. The molecule has 19 heavy (non-hydrogen) atoms. The highest BCUT2D eigenvalue weighted by Crippen LogP contribution is 2.27. The number of halogens is 1. The molecule has 2 rings (SSSR count). The SMILES string of the molecule is Cl.N=c1c(=O)n([C@@H]2O[C@H](CO)[C@@H](O)[C@H]2O)ccn1N. The van der Waals surface area contributed by atoms with Crippen LogP contribution in [0.2, 0.25) is 0 Å². The molecule has 2 heterocycles. The van der Waals surface area contributed by atoms with E-state index in [0.29, 0.717) is 0 Å². The maximum absolute atomic E-state index is 11.8. The van der Waals surface area contributed by atoms with Crippen molar-refractivity contribution in [2.45, 2.75) is 24.5 Å². The number of nitrogens with one attached hydrogen (secondary N) is 1. The number of aromatic nitrogens is 2. The number of rotatable bonds is 2. The monoisotopic (exact) mass is 294 g/mol. The van der Waals surface area contributed by atoms with Gasteiger partial charge in [-0.25, -0.2) is 4.68 Å². The summed E-state index contributed by atoms with van der Waals surface area (Å²) in [6, 6.07) is 0. The lowest BCUT2D eigenvalue weighted by Crippen LogP contribution is -2.46. The largest absolute Gasteiger partial charge is 0.394 e. The van der Waals surface area contributed by atoms with E-state index in [4.69, 9.17) is 21.1 Å². The van der Waals surface area contributed by atoms with Crippen LogP contribution in [0.1, 0.15) is 6.23 Å². The zero-order chi connectivity index (χ0) is 13.4. The van der Waals surface area contributed by atoms with E-state index in [2.05, 4.69) is 0 Å². The molecule has 0 amide bonds. The van der Waals surface area contributed by atoms with Crippen molar-refractivity contribution in [3.63, 3.8) is 0 Å². The lowest BCUT2D eigenvalue weighted by molar-refractivity contribution is -0.0548. The molecule has 1 fully saturated rings. The van der Waals surface area contributed by atoms with Gasteiger partial charge in [-0.2, -0.15) is 0 Å². The molecule has 9 nitrogen and oxygen atoms in total. The van der Waals surface area contributed by atoms with E-state index in [9.17, 15) is 15.0 Å². The van der Waals surface area contributed by atoms with Gasteiger partial charge in [0.05, 0.1) is 6.61 Å². The first-order chi connectivity index (χ1) is 8.47. The van der Waals surface area contributed by atoms with Gasteiger partial charge in [0, 0.05) is 12.4 Å². The molecule has 0 bridgehead atoms. The van der Waals surface area contributed by atoms with Crippen molar-refractivity contribution >= 4 is 12.4 Å². The first-order valence-corrected chi connectivity index (χ1v) is 5.23. The van der Waals surface area contributed by atoms with E-state index in [1.54, 1.807) is 0 Å². The molecule has 6 N–H and O–H groups in total. The molecule has 1 aromatic heterocycles. The van der Waals surface area contributed by atoms with E-state index < -0.39 is 42.2 Å². The number of hydrogen-bond acceptors (Lipinski definition) is 7. The van der Waals surface area contributed by atoms with E-state index in [0.717, 1.165) is 9.24 Å². The zero-order valence-electron chi connectivity index (χ0n) is 9.71. The van der Waals surface area contributed by atoms with Crippen LogP contribution < -0.4 is 16.9 Å². The van der Waals surface area contributed by atoms with Crippen LogP contribution in [0.3, 0.4) is 0 Å². The molecule has 1 aromatic rings. The van der Waals surface area contributed by atoms with Gasteiger partial charge >= 0.3 is 0 Å². The Morgan fingerprint density at radius 3 is 2.53 bits per heavy atom. The molecule has 0 aromatic carbocycles. The molecule has 0 unspecified atom stereocenters. The number of aliphatic hydroxyl groups is 3. The fourth-order valence-corrected chi connectivity index (χ4v) is 1.83. The van der Waals surface area contributed by atoms with Crippen molar-refractivity contribution < 1.29 is 20.1 Å². The Bertz CT molecular complexity index is 558. The average Bonchev–Trinajstić information content (AvgIpc) is 2.64. The molecular weight excluding hydrogens is 280 g/mol. The summed E-state index contributed by atoms with van der Waals surface area (Å²) in [5.74, 6) is 5.33. The summed E-state index contributed by atoms with van der Waals surface area (Å²) in [6.07, 6.45) is -2.32. The zero-order valence-corrected chi connectivity index (χ0v) is 10.5. The van der Waals surface area contributed by atoms with Gasteiger partial charge in [0.1, 0.15) is 18.3 Å². The molecular formula is C9H15ClN4O5. The third kappa shape index (κ3) is 2.51. The topological polar surface area (TPSA) is 147 Å². The lowest BCUT2D eigenvalue weighted by atomic mass is 10.1. The molecule has 0 spiro atoms. The molecule has 1 saturated heterocycles. The van der Waals surface area contributed by atoms with Crippen LogP contribution in [-0.2, 0) is 4.74 Å². The van der Waals surface area contributed by atoms with Gasteiger partial charge in [-0.3, -0.25) is 14.8 Å². The Labute approximate surface area is 113 Å². The quantitative estimate of drug-likeness (QED) is 0.365. The summed E-state index contributed by atoms with van der Waals surface area (Å²) in [5.41, 5.74) is -1.26. The molecule has 0 radical (unpaired) electrons. The summed E-state index contributed by atoms with van der Waals surface area (Å²) in [6.45, 7) is -0.485. The predicted molar refractivity (Wildman–Crippen MR) is 65.0 cm³/mol. The smallest absolute Gasteiger partial charge is 0.297 e. The molecule has 1 aliphatic heterocycles. The minimum atomic E-state index is -1.37. The molecule has 4 atom stereocenters. The molecule has 0 aliphatic carbocycles. The average molecular weight is 295 g/mol. The summed E-state index contributed by atoms with van der Waals surface area (Å²) in [5, 5.41) is 35.7. The van der Waals surface area contributed by atoms with Crippen molar-refractivity contribution in [1.82, 2.24) is 9.24 Å². The highest BCUT2D eigenvalue weighted by molar-refractivity contribution is 5.85. The minimum Gasteiger partial charge on any atom is -0.394 e. The number of ether oxygens (including phenoxy) is 1. The first kappa shape index (κ1) is 15.7. The molecule has 108 valence electrons. The van der Waals surface area contributed by atoms with E-state index in [1.807, 2.05) is 0 Å². The van der Waals surface area contributed by atoms with Crippen molar-refractivity contribution in [3.05, 3.63) is 28.2 Å². The van der Waals surface area contributed by atoms with E-state index in [1.165, 1.54) is 12.4 Å². The van der Waals surface area contributed by atoms with Crippen LogP contribution in [0.5, 0.6) is 0 Å². The van der Waals surface area contributed by atoms with Crippen molar-refractivity contribution in [3.8, 4) is 0 Å². The van der Waals surface area contributed by atoms with Gasteiger partial charge in [-0.05, 0) is 0 Å². The van der Waals surface area contributed by atoms with Gasteiger partial charge in [0.25, 0.3) is 5.56 Å². The van der Waals surface area contributed by atoms with E-state index in [-0.39, 0.29) is 12.4 Å². The Morgan fingerprint density at radius 1 is 1.37 bits per heavy atom. The third-order valence-electron chi connectivity index (χ3n) is 2.87. The summed E-state index contributed by atoms with van der Waals surface area (Å²) >= 11 is 0. The van der Waals surface area contributed by atoms with Crippen molar-refractivity contribution in [1.29, 1.82) is 5.41 Å². The number of hydrogen-bond donors (Lipinski definition) is 5. The van der Waals surface area contributed by atoms with Gasteiger partial charge in [0.15, 0.2) is 6.23 Å². The van der Waals surface area contributed by atoms with Crippen LogP contribution in [0.15, 0.2) is 17.2 Å². The van der Waals surface area contributed by atoms with Crippen LogP contribution >= 0.6 is 12.4 Å². The number of aliphatic hydroxyl groups excluding tert-OH is 3. The second-order valence-corrected chi connectivity index (χ2v) is 4.00. The van der Waals surface area contributed by atoms with Crippen molar-refractivity contribution in [2.75, 3.05) is 12.4 Å². The Morgan fingerprint density at radius 2 is 2.00 bits per heavy atom. The number of nitrogens with zero attached hydrogens (tertiary/aromatic N) is 2. The predicted octanol–water partition coefficient (Wildman–Crippen LogP) is -3.12. The molecule has 0 saturated carbocycles. The lowest BCUT2D eigenvalue weighted by Gasteiger charge is -2.17. The van der Waals surface area contributed by atoms with Gasteiger partial charge in [-0.15, -0.1) is 12.4 Å². The highest BCUT2D eigenvalue weighted by Gasteiger charge is 2.43. The van der Waals surface area contributed by atoms with Crippen LogP contribution in [0.25, 0.3) is 0 Å². The second-order valence-electron chi connectivity index (χ2n) is 4.00. The van der Waals surface area contributed by atoms with Crippen LogP contribution in [-0.4, -0.2) is 49.5 Å². The summed E-state index contributed by atoms with van der Waals surface area (Å²) in [4.78, 5) is 11.8. The van der Waals surface area contributed by atoms with Crippen LogP contribution in [0, 0.1) is 5.41 Å². The van der Waals surface area contributed by atoms with Gasteiger partial charge in [-0.1, -0.05) is 0 Å². The second kappa shape index (κ2) is 5.72. The first-order valence-electron chi connectivity index (χ1n) is 5.23. The fraction of sp³-hybridized carbons (Fsp3) is 0.556. The third-order valence-corrected chi connectivity index (χ3v) is 2.87. The Kier molecular flexibility index (Phi) is 4.71. The Hall–Kier alpha value is -1.39. The van der Waals surface area contributed by atoms with E-state index >= 15 is 0 Å². The van der Waals surface area contributed by atoms with Gasteiger partial charge in [0.2, 0.25) is 5.49 Å². The summed E-state index contributed by atoms with van der Waals surface area (Å²) < 4.78 is 6.95. The number of nitrogens with two attached hydrogens (primary N) is 1. The fourth-order valence-electron chi connectivity index (χ4n) is 1.83.